The van der Waals surface area contributed by atoms with Crippen LogP contribution in [0.25, 0.3) is 17.4 Å². The molecule has 7 heteroatoms. The largest absolute Gasteiger partial charge is 0.457 e. The number of benzene rings is 1. The molecule has 1 aliphatic heterocycles. The fourth-order valence-corrected chi connectivity index (χ4v) is 3.02. The van der Waals surface area contributed by atoms with Crippen LogP contribution in [0, 0.1) is 0 Å². The average Bonchev–Trinajstić information content (AvgIpc) is 3.02. The van der Waals surface area contributed by atoms with Crippen molar-refractivity contribution in [1.82, 2.24) is 5.01 Å². The molecule has 1 aromatic heterocycles. The number of rotatable bonds is 2. The maximum atomic E-state index is 11.8. The molecule has 3 rings (SSSR count). The average molecular weight is 337 g/mol. The lowest BCUT2D eigenvalue weighted by Crippen LogP contribution is -2.34. The molecule has 0 bridgehead atoms. The number of hydrogen-bond acceptors (Lipinski definition) is 5. The van der Waals surface area contributed by atoms with E-state index in [1.165, 1.54) is 0 Å². The van der Waals surface area contributed by atoms with Crippen molar-refractivity contribution in [3.63, 3.8) is 0 Å². The van der Waals surface area contributed by atoms with Crippen LogP contribution >= 0.6 is 35.6 Å². The van der Waals surface area contributed by atoms with Crippen molar-refractivity contribution >= 4 is 51.9 Å². The van der Waals surface area contributed by atoms with Crippen molar-refractivity contribution in [3.05, 3.63) is 52.1 Å². The first-order valence-corrected chi connectivity index (χ1v) is 7.53. The summed E-state index contributed by atoms with van der Waals surface area (Å²) >= 11 is 12.0. The van der Waals surface area contributed by atoms with Gasteiger partial charge in [0.05, 0.1) is 4.91 Å². The summed E-state index contributed by atoms with van der Waals surface area (Å²) in [5.74, 6) is 6.45. The molecule has 1 fully saturated rings. The van der Waals surface area contributed by atoms with Crippen molar-refractivity contribution < 1.29 is 9.21 Å². The fourth-order valence-electron chi connectivity index (χ4n) is 1.81. The van der Waals surface area contributed by atoms with Gasteiger partial charge in [0.2, 0.25) is 0 Å². The number of furan rings is 1. The number of halogens is 1. The minimum Gasteiger partial charge on any atom is -0.457 e. The summed E-state index contributed by atoms with van der Waals surface area (Å²) in [7, 11) is 0. The molecule has 1 aromatic carbocycles. The quantitative estimate of drug-likeness (QED) is 0.392. The van der Waals surface area contributed by atoms with E-state index in [1.54, 1.807) is 24.3 Å². The third-order valence-electron chi connectivity index (χ3n) is 2.85. The summed E-state index contributed by atoms with van der Waals surface area (Å²) in [6.07, 6.45) is 1.63. The van der Waals surface area contributed by atoms with Crippen LogP contribution in [0.3, 0.4) is 0 Å². The van der Waals surface area contributed by atoms with Gasteiger partial charge in [-0.25, -0.2) is 10.9 Å². The Morgan fingerprint density at radius 2 is 1.95 bits per heavy atom. The smallest absolute Gasteiger partial charge is 0.280 e. The second kappa shape index (κ2) is 5.65. The normalized spacial score (nSPS) is 17.0. The predicted octanol–water partition coefficient (Wildman–Crippen LogP) is 3.67. The molecule has 0 aliphatic carbocycles. The monoisotopic (exact) mass is 336 g/mol. The van der Waals surface area contributed by atoms with E-state index in [0.717, 1.165) is 22.3 Å². The van der Waals surface area contributed by atoms with E-state index < -0.39 is 0 Å². The number of nitrogens with zero attached hydrogens (tertiary/aromatic N) is 1. The van der Waals surface area contributed by atoms with Crippen LogP contribution in [-0.4, -0.2) is 15.2 Å². The number of nitrogens with two attached hydrogens (primary N) is 1. The van der Waals surface area contributed by atoms with E-state index in [2.05, 4.69) is 0 Å². The van der Waals surface area contributed by atoms with Gasteiger partial charge in [-0.1, -0.05) is 35.6 Å². The molecule has 2 heterocycles. The van der Waals surface area contributed by atoms with Gasteiger partial charge in [0, 0.05) is 16.7 Å². The molecule has 1 saturated heterocycles. The summed E-state index contributed by atoms with van der Waals surface area (Å²) in [6.45, 7) is 0. The number of amides is 1. The molecule has 0 atom stereocenters. The summed E-state index contributed by atoms with van der Waals surface area (Å²) in [5.41, 5.74) is 0.908. The first kappa shape index (κ1) is 14.3. The lowest BCUT2D eigenvalue weighted by molar-refractivity contribution is -0.122. The molecule has 1 amide bonds. The van der Waals surface area contributed by atoms with Gasteiger partial charge in [-0.2, -0.15) is 0 Å². The van der Waals surface area contributed by atoms with Crippen LogP contribution in [0.5, 0.6) is 0 Å². The van der Waals surface area contributed by atoms with E-state index in [-0.39, 0.29) is 5.91 Å². The van der Waals surface area contributed by atoms with Crippen LogP contribution < -0.4 is 5.84 Å². The first-order chi connectivity index (χ1) is 10.0. The molecule has 1 aliphatic rings. The van der Waals surface area contributed by atoms with Gasteiger partial charge < -0.3 is 4.42 Å². The first-order valence-electron chi connectivity index (χ1n) is 5.93. The second-order valence-corrected chi connectivity index (χ2v) is 6.37. The van der Waals surface area contributed by atoms with E-state index in [4.69, 9.17) is 34.1 Å². The number of hydrogen-bond donors (Lipinski definition) is 1. The Bertz CT molecular complexity index is 753. The fraction of sp³-hybridized carbons (Fsp3) is 0. The number of carbonyl (C=O) groups excluding carboxylic acids is 1. The summed E-state index contributed by atoms with van der Waals surface area (Å²) in [6, 6.07) is 10.9. The maximum absolute atomic E-state index is 11.8. The van der Waals surface area contributed by atoms with Gasteiger partial charge in [0.15, 0.2) is 4.32 Å². The molecule has 0 unspecified atom stereocenters. The minimum absolute atomic E-state index is 0.325. The van der Waals surface area contributed by atoms with Crippen molar-refractivity contribution in [1.29, 1.82) is 0 Å². The summed E-state index contributed by atoms with van der Waals surface area (Å²) in [5, 5.41) is 1.62. The maximum Gasteiger partial charge on any atom is 0.280 e. The van der Waals surface area contributed by atoms with E-state index in [0.29, 0.717) is 25.8 Å². The highest BCUT2D eigenvalue weighted by molar-refractivity contribution is 8.26. The Morgan fingerprint density at radius 3 is 2.57 bits per heavy atom. The van der Waals surface area contributed by atoms with Crippen molar-refractivity contribution in [2.24, 2.45) is 5.84 Å². The number of hydrazine groups is 1. The van der Waals surface area contributed by atoms with Crippen molar-refractivity contribution in [2.75, 3.05) is 0 Å². The highest BCUT2D eigenvalue weighted by Crippen LogP contribution is 2.32. The van der Waals surface area contributed by atoms with Gasteiger partial charge in [-0.3, -0.25) is 4.79 Å². The zero-order valence-electron chi connectivity index (χ0n) is 10.6. The molecule has 0 radical (unpaired) electrons. The molecule has 0 saturated carbocycles. The summed E-state index contributed by atoms with van der Waals surface area (Å²) in [4.78, 5) is 12.2. The topological polar surface area (TPSA) is 59.5 Å². The number of thioether (sulfide) groups is 1. The van der Waals surface area contributed by atoms with Crippen LogP contribution in [0.1, 0.15) is 5.76 Å². The molecular weight excluding hydrogens is 328 g/mol. The lowest BCUT2D eigenvalue weighted by Gasteiger charge is -2.02. The van der Waals surface area contributed by atoms with Gasteiger partial charge in [-0.15, -0.1) is 0 Å². The van der Waals surface area contributed by atoms with Crippen molar-refractivity contribution in [3.8, 4) is 11.3 Å². The molecule has 21 heavy (non-hydrogen) atoms. The number of thiocarbonyl (C=S) groups is 1. The van der Waals surface area contributed by atoms with E-state index in [9.17, 15) is 4.79 Å². The Hall–Kier alpha value is -1.60. The van der Waals surface area contributed by atoms with E-state index in [1.807, 2.05) is 18.2 Å². The van der Waals surface area contributed by atoms with Crippen LogP contribution in [0.4, 0.5) is 0 Å². The summed E-state index contributed by atoms with van der Waals surface area (Å²) < 4.78 is 6.03. The van der Waals surface area contributed by atoms with E-state index >= 15 is 0 Å². The third kappa shape index (κ3) is 2.89. The molecule has 4 nitrogen and oxygen atoms in total. The molecule has 106 valence electrons. The lowest BCUT2D eigenvalue weighted by atomic mass is 10.2. The SMILES string of the molecule is NN1C(=O)C(=Cc2ccc(-c3ccc(Cl)cc3)o2)SC1=S. The molecule has 0 spiro atoms. The standard InChI is InChI=1S/C14H9ClN2O2S2/c15-9-3-1-8(2-4-9)11-6-5-10(19-11)7-12-13(18)17(16)14(20)21-12/h1-7H,16H2. The Labute approximate surface area is 135 Å². The predicted molar refractivity (Wildman–Crippen MR) is 88.4 cm³/mol. The minimum atomic E-state index is -0.325. The molecular formula is C14H9ClN2O2S2. The highest BCUT2D eigenvalue weighted by Gasteiger charge is 2.29. The third-order valence-corrected chi connectivity index (χ3v) is 4.43. The molecule has 2 aromatic rings. The Morgan fingerprint density at radius 1 is 1.24 bits per heavy atom. The van der Waals surface area contributed by atoms with Gasteiger partial charge in [0.1, 0.15) is 11.5 Å². The van der Waals surface area contributed by atoms with Crippen LogP contribution in [-0.2, 0) is 4.79 Å². The zero-order valence-corrected chi connectivity index (χ0v) is 13.0. The Kier molecular flexibility index (Phi) is 3.86. The van der Waals surface area contributed by atoms with Gasteiger partial charge in [-0.05, 0) is 36.4 Å². The van der Waals surface area contributed by atoms with Gasteiger partial charge in [0.25, 0.3) is 5.91 Å². The molecule has 2 N–H and O–H groups in total. The van der Waals surface area contributed by atoms with Crippen LogP contribution in [0.2, 0.25) is 5.02 Å². The van der Waals surface area contributed by atoms with Gasteiger partial charge >= 0.3 is 0 Å². The highest BCUT2D eigenvalue weighted by atomic mass is 35.5. The van der Waals surface area contributed by atoms with Crippen LogP contribution in [0.15, 0.2) is 45.7 Å². The second-order valence-electron chi connectivity index (χ2n) is 4.26. The zero-order chi connectivity index (χ0) is 15.0. The van der Waals surface area contributed by atoms with Crippen molar-refractivity contribution in [2.45, 2.75) is 0 Å². The Balaban J connectivity index is 1.87. The number of carbonyl (C=O) groups is 1.